The van der Waals surface area contributed by atoms with Crippen LogP contribution in [0.4, 0.5) is 10.1 Å². The zero-order chi connectivity index (χ0) is 26.3. The smallest absolute Gasteiger partial charge is 0.256 e. The minimum Gasteiger partial charge on any atom is -0.378 e. The average molecular weight is 530 g/mol. The Morgan fingerprint density at radius 3 is 2.43 bits per heavy atom. The standard InChI is InChI=1S/C26H32FN5O4S/c1-17(2)29-37(34,35)19-4-6-21(31-11-13-36-14-12-31)20(15-19)26(33)32-9-7-30(8-10-32)22-5-3-18(16-28)23-24(22)25(23)27/h3-6,15,17,23-25,29H,7-14H2,1-2H3. The van der Waals surface area contributed by atoms with Crippen LogP contribution in [0.25, 0.3) is 0 Å². The summed E-state index contributed by atoms with van der Waals surface area (Å²) < 4.78 is 48.2. The molecule has 3 unspecified atom stereocenters. The molecule has 0 aromatic heterocycles. The van der Waals surface area contributed by atoms with Crippen molar-refractivity contribution in [2.24, 2.45) is 11.8 Å². The van der Waals surface area contributed by atoms with Crippen LogP contribution in [0, 0.1) is 23.2 Å². The van der Waals surface area contributed by atoms with Crippen molar-refractivity contribution >= 4 is 21.6 Å². The van der Waals surface area contributed by atoms with E-state index in [2.05, 4.69) is 20.6 Å². The van der Waals surface area contributed by atoms with Gasteiger partial charge in [-0.25, -0.2) is 17.5 Å². The third-order valence-electron chi connectivity index (χ3n) is 7.38. The fourth-order valence-electron chi connectivity index (χ4n) is 5.46. The number of hydrogen-bond donors (Lipinski definition) is 1. The average Bonchev–Trinajstić information content (AvgIpc) is 3.58. The van der Waals surface area contributed by atoms with Crippen LogP contribution < -0.4 is 9.62 Å². The Labute approximate surface area is 217 Å². The second-order valence-electron chi connectivity index (χ2n) is 10.2. The highest BCUT2D eigenvalue weighted by molar-refractivity contribution is 7.89. The van der Waals surface area contributed by atoms with Crippen LogP contribution in [0.2, 0.25) is 0 Å². The second kappa shape index (κ2) is 10.1. The van der Waals surface area contributed by atoms with Crippen LogP contribution in [0.1, 0.15) is 24.2 Å². The molecule has 5 rings (SSSR count). The third kappa shape index (κ3) is 4.98. The number of hydrogen-bond acceptors (Lipinski definition) is 7. The highest BCUT2D eigenvalue weighted by Crippen LogP contribution is 2.54. The monoisotopic (exact) mass is 529 g/mol. The van der Waals surface area contributed by atoms with Crippen molar-refractivity contribution in [2.45, 2.75) is 31.0 Å². The maximum absolute atomic E-state index is 14.4. The Kier molecular flexibility index (Phi) is 7.00. The summed E-state index contributed by atoms with van der Waals surface area (Å²) in [5.41, 5.74) is 2.44. The van der Waals surface area contributed by atoms with E-state index in [0.29, 0.717) is 69.3 Å². The largest absolute Gasteiger partial charge is 0.378 e. The molecule has 9 nitrogen and oxygen atoms in total. The molecule has 2 aliphatic carbocycles. The molecule has 1 N–H and O–H groups in total. The maximum Gasteiger partial charge on any atom is 0.256 e. The van der Waals surface area contributed by atoms with E-state index in [-0.39, 0.29) is 28.7 Å². The quantitative estimate of drug-likeness (QED) is 0.600. The molecule has 3 fully saturated rings. The SMILES string of the molecule is CC(C)NS(=O)(=O)c1ccc(N2CCOCC2)c(C(=O)N2CCN(C3=CC=C(C#N)C4C(F)C34)CC2)c1. The summed E-state index contributed by atoms with van der Waals surface area (Å²) >= 11 is 0. The van der Waals surface area contributed by atoms with E-state index < -0.39 is 16.2 Å². The number of carbonyl (C=O) groups excluding carboxylic acids is 1. The van der Waals surface area contributed by atoms with Gasteiger partial charge in [-0.15, -0.1) is 0 Å². The Morgan fingerprint density at radius 2 is 1.78 bits per heavy atom. The maximum atomic E-state index is 14.4. The van der Waals surface area contributed by atoms with Gasteiger partial charge in [0.05, 0.1) is 29.7 Å². The van der Waals surface area contributed by atoms with Gasteiger partial charge in [-0.2, -0.15) is 5.26 Å². The molecule has 4 aliphatic rings. The molecule has 11 heteroatoms. The minimum atomic E-state index is -3.77. The summed E-state index contributed by atoms with van der Waals surface area (Å²) in [7, 11) is -3.77. The van der Waals surface area contributed by atoms with Crippen molar-refractivity contribution in [1.82, 2.24) is 14.5 Å². The number of carbonyl (C=O) groups is 1. The van der Waals surface area contributed by atoms with Gasteiger partial charge in [0.1, 0.15) is 6.17 Å². The fraction of sp³-hybridized carbons (Fsp3) is 0.538. The number of benzene rings is 1. The van der Waals surface area contributed by atoms with E-state index in [0.717, 1.165) is 5.70 Å². The molecule has 198 valence electrons. The van der Waals surface area contributed by atoms with Crippen LogP contribution in [-0.2, 0) is 14.8 Å². The van der Waals surface area contributed by atoms with Crippen molar-refractivity contribution < 1.29 is 22.3 Å². The number of amides is 1. The predicted molar refractivity (Wildman–Crippen MR) is 136 cm³/mol. The number of allylic oxidation sites excluding steroid dienone is 4. The number of nitrogens with zero attached hydrogens (tertiary/aromatic N) is 4. The number of sulfonamides is 1. The lowest BCUT2D eigenvalue weighted by molar-refractivity contribution is 0.0662. The number of nitriles is 1. The van der Waals surface area contributed by atoms with Gasteiger partial charge in [0.25, 0.3) is 5.91 Å². The first-order valence-corrected chi connectivity index (χ1v) is 14.2. The second-order valence-corrected chi connectivity index (χ2v) is 11.9. The topological polar surface area (TPSA) is 106 Å². The summed E-state index contributed by atoms with van der Waals surface area (Å²) in [6.07, 6.45) is 2.52. The molecule has 2 heterocycles. The molecule has 1 amide bonds. The van der Waals surface area contributed by atoms with Crippen LogP contribution >= 0.6 is 0 Å². The fourth-order valence-corrected chi connectivity index (χ4v) is 6.74. The van der Waals surface area contributed by atoms with E-state index in [1.165, 1.54) is 6.07 Å². The molecule has 1 aromatic rings. The number of anilines is 1. The summed E-state index contributed by atoms with van der Waals surface area (Å²) in [5.74, 6) is -0.838. The Bertz CT molecular complexity index is 1270. The molecule has 1 aromatic carbocycles. The highest BCUT2D eigenvalue weighted by atomic mass is 32.2. The van der Waals surface area contributed by atoms with Crippen molar-refractivity contribution in [1.29, 1.82) is 5.26 Å². The van der Waals surface area contributed by atoms with Gasteiger partial charge in [-0.3, -0.25) is 4.79 Å². The van der Waals surface area contributed by atoms with Gasteiger partial charge >= 0.3 is 0 Å². The number of ether oxygens (including phenoxy) is 1. The van der Waals surface area contributed by atoms with E-state index in [1.807, 2.05) is 6.08 Å². The molecule has 0 radical (unpaired) electrons. The molecular formula is C26H32FN5O4S. The van der Waals surface area contributed by atoms with Gasteiger partial charge in [-0.05, 0) is 44.2 Å². The zero-order valence-electron chi connectivity index (χ0n) is 21.1. The number of morpholine rings is 1. The third-order valence-corrected chi connectivity index (χ3v) is 9.04. The van der Waals surface area contributed by atoms with E-state index in [9.17, 15) is 22.9 Å². The predicted octanol–water partition coefficient (Wildman–Crippen LogP) is 1.90. The molecule has 2 saturated heterocycles. The lowest BCUT2D eigenvalue weighted by Gasteiger charge is -2.38. The van der Waals surface area contributed by atoms with Crippen molar-refractivity contribution in [3.05, 3.63) is 47.2 Å². The summed E-state index contributed by atoms with van der Waals surface area (Å²) in [6, 6.07) is 6.55. The van der Waals surface area contributed by atoms with Gasteiger partial charge in [0.2, 0.25) is 10.0 Å². The molecule has 0 spiro atoms. The first kappa shape index (κ1) is 25.7. The summed E-state index contributed by atoms with van der Waals surface area (Å²) in [5, 5.41) is 9.21. The van der Waals surface area contributed by atoms with Gasteiger partial charge in [0, 0.05) is 74.1 Å². The lowest BCUT2D eigenvalue weighted by atomic mass is 10.0. The minimum absolute atomic E-state index is 0.0569. The lowest BCUT2D eigenvalue weighted by Crippen LogP contribution is -2.49. The van der Waals surface area contributed by atoms with Crippen molar-refractivity contribution in [3.8, 4) is 6.07 Å². The Morgan fingerprint density at radius 1 is 1.08 bits per heavy atom. The molecule has 1 saturated carbocycles. The number of halogens is 1. The number of fused-ring (bicyclic) bond motifs is 1. The van der Waals surface area contributed by atoms with Crippen molar-refractivity contribution in [2.75, 3.05) is 57.4 Å². The van der Waals surface area contributed by atoms with Gasteiger partial charge in [-0.1, -0.05) is 0 Å². The number of piperazine rings is 1. The van der Waals surface area contributed by atoms with Crippen LogP contribution in [0.5, 0.6) is 0 Å². The van der Waals surface area contributed by atoms with Crippen LogP contribution in [0.15, 0.2) is 46.5 Å². The summed E-state index contributed by atoms with van der Waals surface area (Å²) in [6.45, 7) is 7.76. The first-order valence-electron chi connectivity index (χ1n) is 12.7. The van der Waals surface area contributed by atoms with Gasteiger partial charge in [0.15, 0.2) is 0 Å². The molecular weight excluding hydrogens is 497 g/mol. The number of rotatable bonds is 6. The normalized spacial score (nSPS) is 25.8. The summed E-state index contributed by atoms with van der Waals surface area (Å²) in [4.78, 5) is 19.7. The van der Waals surface area contributed by atoms with Crippen LogP contribution in [-0.4, -0.2) is 88.8 Å². The number of alkyl halides is 1. The van der Waals surface area contributed by atoms with Crippen molar-refractivity contribution in [3.63, 3.8) is 0 Å². The van der Waals surface area contributed by atoms with E-state index >= 15 is 0 Å². The van der Waals surface area contributed by atoms with Gasteiger partial charge < -0.3 is 19.4 Å². The zero-order valence-corrected chi connectivity index (χ0v) is 21.9. The van der Waals surface area contributed by atoms with E-state index in [4.69, 9.17) is 4.74 Å². The molecule has 2 aliphatic heterocycles. The first-order chi connectivity index (χ1) is 17.7. The number of nitrogens with one attached hydrogen (secondary N) is 1. The molecule has 37 heavy (non-hydrogen) atoms. The molecule has 3 atom stereocenters. The Balaban J connectivity index is 1.36. The highest BCUT2D eigenvalue weighted by Gasteiger charge is 2.57. The Hall–Kier alpha value is -2.94. The molecule has 0 bridgehead atoms. The van der Waals surface area contributed by atoms with E-state index in [1.54, 1.807) is 37.0 Å². The van der Waals surface area contributed by atoms with Crippen LogP contribution in [0.3, 0.4) is 0 Å².